The lowest BCUT2D eigenvalue weighted by molar-refractivity contribution is -0.165. The van der Waals surface area contributed by atoms with E-state index in [2.05, 4.69) is 19.7 Å². The van der Waals surface area contributed by atoms with Gasteiger partial charge in [-0.15, -0.1) is 0 Å². The Bertz CT molecular complexity index is 779. The summed E-state index contributed by atoms with van der Waals surface area (Å²) >= 11 is 0. The highest BCUT2D eigenvalue weighted by Gasteiger charge is 2.34. The van der Waals surface area contributed by atoms with Gasteiger partial charge in [-0.25, -0.2) is 14.4 Å². The van der Waals surface area contributed by atoms with Gasteiger partial charge in [0.1, 0.15) is 18.3 Å². The molecule has 0 saturated heterocycles. The Labute approximate surface area is 223 Å². The number of rotatable bonds is 22. The van der Waals surface area contributed by atoms with Crippen molar-refractivity contribution >= 4 is 23.9 Å². The fourth-order valence-electron chi connectivity index (χ4n) is 3.68. The quantitative estimate of drug-likeness (QED) is 0.0683. The summed E-state index contributed by atoms with van der Waals surface area (Å²) in [5.41, 5.74) is 0. The van der Waals surface area contributed by atoms with Gasteiger partial charge in [-0.1, -0.05) is 45.9 Å². The van der Waals surface area contributed by atoms with Crippen molar-refractivity contribution in [3.05, 3.63) is 38.0 Å². The molecule has 0 heterocycles. The van der Waals surface area contributed by atoms with Gasteiger partial charge < -0.3 is 34.6 Å². The van der Waals surface area contributed by atoms with Crippen molar-refractivity contribution in [1.82, 2.24) is 0 Å². The van der Waals surface area contributed by atoms with E-state index in [-0.39, 0.29) is 32.1 Å². The third-order valence-corrected chi connectivity index (χ3v) is 5.84. The molecule has 0 aliphatic heterocycles. The molecular formula is C27H42O11. The lowest BCUT2D eigenvalue weighted by atomic mass is 9.94. The van der Waals surface area contributed by atoms with Crippen LogP contribution in [0.2, 0.25) is 0 Å². The number of aliphatic hydroxyl groups excluding tert-OH is 3. The number of carboxylic acid groups (broad SMARTS) is 1. The summed E-state index contributed by atoms with van der Waals surface area (Å²) in [6, 6.07) is 0. The zero-order valence-electron chi connectivity index (χ0n) is 22.0. The van der Waals surface area contributed by atoms with Crippen LogP contribution in [0.25, 0.3) is 0 Å². The minimum atomic E-state index is -1.47. The van der Waals surface area contributed by atoms with Crippen LogP contribution in [0.5, 0.6) is 0 Å². The molecule has 0 saturated carbocycles. The zero-order valence-corrected chi connectivity index (χ0v) is 22.0. The average molecular weight is 543 g/mol. The van der Waals surface area contributed by atoms with Crippen molar-refractivity contribution in [3.63, 3.8) is 0 Å². The van der Waals surface area contributed by atoms with Crippen LogP contribution >= 0.6 is 0 Å². The molecule has 0 aliphatic rings. The third-order valence-electron chi connectivity index (χ3n) is 5.84. The Morgan fingerprint density at radius 2 is 1.05 bits per heavy atom. The highest BCUT2D eigenvalue weighted by Crippen LogP contribution is 2.22. The maximum atomic E-state index is 11.9. The second-order valence-corrected chi connectivity index (χ2v) is 8.82. The van der Waals surface area contributed by atoms with Crippen LogP contribution in [-0.4, -0.2) is 80.9 Å². The van der Waals surface area contributed by atoms with E-state index in [0.29, 0.717) is 19.3 Å². The molecule has 6 unspecified atom stereocenters. The smallest absolute Gasteiger partial charge is 0.330 e. The maximum Gasteiger partial charge on any atom is 0.330 e. The molecule has 0 aromatic heterocycles. The van der Waals surface area contributed by atoms with E-state index in [1.807, 2.05) is 0 Å². The highest BCUT2D eigenvalue weighted by atomic mass is 16.6. The summed E-state index contributed by atoms with van der Waals surface area (Å²) in [5, 5.41) is 40.6. The number of unbranched alkanes of at least 4 members (excludes halogenated alkanes) is 4. The van der Waals surface area contributed by atoms with E-state index in [4.69, 9.17) is 19.3 Å². The van der Waals surface area contributed by atoms with Crippen molar-refractivity contribution in [1.29, 1.82) is 0 Å². The number of ether oxygens (including phenoxy) is 3. The number of carboxylic acids is 1. The fraction of sp³-hybridized carbons (Fsp3) is 0.630. The molecule has 11 heteroatoms. The Morgan fingerprint density at radius 3 is 1.50 bits per heavy atom. The first-order chi connectivity index (χ1) is 18.0. The van der Waals surface area contributed by atoms with Crippen molar-refractivity contribution in [3.8, 4) is 0 Å². The van der Waals surface area contributed by atoms with E-state index < -0.39 is 60.5 Å². The van der Waals surface area contributed by atoms with Gasteiger partial charge in [0.15, 0.2) is 0 Å². The van der Waals surface area contributed by atoms with Gasteiger partial charge in [-0.05, 0) is 25.7 Å². The molecule has 11 nitrogen and oxygen atoms in total. The fourth-order valence-corrected chi connectivity index (χ4v) is 3.68. The predicted octanol–water partition coefficient (Wildman–Crippen LogP) is 2.37. The number of hydrogen-bond donors (Lipinski definition) is 4. The number of aliphatic hydroxyl groups is 3. The number of carbonyl (C=O) groups is 4. The molecule has 216 valence electrons. The number of hydrogen-bond acceptors (Lipinski definition) is 10. The Balaban J connectivity index is 5.42. The normalized spacial score (nSPS) is 15.6. The predicted molar refractivity (Wildman–Crippen MR) is 138 cm³/mol. The molecule has 0 aromatic rings. The van der Waals surface area contributed by atoms with Crippen LogP contribution in [0, 0.1) is 0 Å². The van der Waals surface area contributed by atoms with E-state index in [9.17, 15) is 34.5 Å². The topological polar surface area (TPSA) is 177 Å². The lowest BCUT2D eigenvalue weighted by Gasteiger charge is -2.31. The van der Waals surface area contributed by atoms with Gasteiger partial charge >= 0.3 is 23.9 Å². The number of esters is 3. The molecule has 6 atom stereocenters. The summed E-state index contributed by atoms with van der Waals surface area (Å²) in [7, 11) is 0. The Morgan fingerprint density at radius 1 is 0.658 bits per heavy atom. The molecule has 0 amide bonds. The molecule has 0 bridgehead atoms. The Kier molecular flexibility index (Phi) is 18.4. The van der Waals surface area contributed by atoms with Crippen molar-refractivity contribution in [2.75, 3.05) is 0 Å². The van der Waals surface area contributed by atoms with E-state index >= 15 is 0 Å². The zero-order chi connectivity index (χ0) is 29.1. The van der Waals surface area contributed by atoms with Crippen molar-refractivity contribution < 1.29 is 53.8 Å². The first-order valence-electron chi connectivity index (χ1n) is 12.7. The first-order valence-corrected chi connectivity index (χ1v) is 12.7. The van der Waals surface area contributed by atoms with Crippen LogP contribution < -0.4 is 0 Å². The van der Waals surface area contributed by atoms with Crippen molar-refractivity contribution in [2.45, 2.75) is 108 Å². The number of aliphatic carboxylic acids is 1. The largest absolute Gasteiger partial charge is 0.481 e. The molecule has 0 aliphatic carbocycles. The first kappa shape index (κ1) is 35.0. The SMILES string of the molecule is C=CC(=O)OC(CCCCCCCC(=O)O)C(O)CC(OC(=O)C=C)C(O)CC(OC(=O)C=C)C(O)CC. The summed E-state index contributed by atoms with van der Waals surface area (Å²) in [4.78, 5) is 46.1. The second kappa shape index (κ2) is 20.0. The molecule has 0 spiro atoms. The third kappa shape index (κ3) is 15.3. The van der Waals surface area contributed by atoms with Gasteiger partial charge in [0.25, 0.3) is 0 Å². The van der Waals surface area contributed by atoms with Crippen LogP contribution in [0.15, 0.2) is 38.0 Å². The van der Waals surface area contributed by atoms with Crippen molar-refractivity contribution in [2.24, 2.45) is 0 Å². The van der Waals surface area contributed by atoms with Crippen LogP contribution in [0.3, 0.4) is 0 Å². The van der Waals surface area contributed by atoms with Crippen LogP contribution in [0.4, 0.5) is 0 Å². The molecule has 4 N–H and O–H groups in total. The minimum absolute atomic E-state index is 0.0916. The summed E-state index contributed by atoms with van der Waals surface area (Å²) in [6.45, 7) is 11.6. The van der Waals surface area contributed by atoms with E-state index in [1.165, 1.54) is 0 Å². The van der Waals surface area contributed by atoms with Gasteiger partial charge in [0, 0.05) is 37.5 Å². The molecular weight excluding hydrogens is 500 g/mol. The second-order valence-electron chi connectivity index (χ2n) is 8.82. The summed E-state index contributed by atoms with van der Waals surface area (Å²) in [5.74, 6) is -3.31. The average Bonchev–Trinajstić information content (AvgIpc) is 2.89. The summed E-state index contributed by atoms with van der Waals surface area (Å²) in [6.07, 6.45) is -1.48. The highest BCUT2D eigenvalue weighted by molar-refractivity contribution is 5.82. The van der Waals surface area contributed by atoms with Crippen LogP contribution in [-0.2, 0) is 33.4 Å². The molecule has 38 heavy (non-hydrogen) atoms. The molecule has 0 aromatic carbocycles. The molecule has 0 rings (SSSR count). The monoisotopic (exact) mass is 542 g/mol. The summed E-state index contributed by atoms with van der Waals surface area (Å²) < 4.78 is 15.6. The minimum Gasteiger partial charge on any atom is -0.481 e. The van der Waals surface area contributed by atoms with Crippen LogP contribution in [0.1, 0.15) is 71.1 Å². The molecule has 0 radical (unpaired) electrons. The maximum absolute atomic E-state index is 11.9. The van der Waals surface area contributed by atoms with Gasteiger partial charge in [0.2, 0.25) is 0 Å². The van der Waals surface area contributed by atoms with Gasteiger partial charge in [-0.2, -0.15) is 0 Å². The number of carbonyl (C=O) groups excluding carboxylic acids is 3. The van der Waals surface area contributed by atoms with Gasteiger partial charge in [0.05, 0.1) is 18.3 Å². The Hall–Kier alpha value is -3.02. The van der Waals surface area contributed by atoms with E-state index in [0.717, 1.165) is 31.1 Å². The standard InChI is InChI=1S/C27H42O11/c1-5-18(28)22(37-26(34)7-3)17-20(30)23(38-27(35)8-4)16-19(29)21(36-25(33)6-2)14-12-10-9-11-13-15-24(31)32/h6-8,18-23,28-30H,2-5,9-17H2,1H3,(H,31,32). The lowest BCUT2D eigenvalue weighted by Crippen LogP contribution is -2.43. The van der Waals surface area contributed by atoms with Gasteiger partial charge in [-0.3, -0.25) is 4.79 Å². The van der Waals surface area contributed by atoms with E-state index in [1.54, 1.807) is 6.92 Å². The molecule has 0 fully saturated rings.